The van der Waals surface area contributed by atoms with E-state index in [0.717, 1.165) is 44.9 Å². The lowest BCUT2D eigenvalue weighted by Crippen LogP contribution is -2.34. The largest absolute Gasteiger partial charge is 0.498 e. The van der Waals surface area contributed by atoms with Crippen molar-refractivity contribution in [2.45, 2.75) is 199 Å². The van der Waals surface area contributed by atoms with Gasteiger partial charge in [-0.1, -0.05) is 154 Å². The van der Waals surface area contributed by atoms with Crippen LogP contribution in [0.25, 0.3) is 0 Å². The van der Waals surface area contributed by atoms with E-state index >= 15 is 0 Å². The van der Waals surface area contributed by atoms with Gasteiger partial charge in [-0.3, -0.25) is 18.6 Å². The van der Waals surface area contributed by atoms with Crippen molar-refractivity contribution in [3.63, 3.8) is 0 Å². The minimum absolute atomic E-state index is 0.0692. The fourth-order valence-electron chi connectivity index (χ4n) is 5.66. The second-order valence-electron chi connectivity index (χ2n) is 14.2. The summed E-state index contributed by atoms with van der Waals surface area (Å²) < 4.78 is 33.1. The van der Waals surface area contributed by atoms with Gasteiger partial charge in [0.15, 0.2) is 6.10 Å². The molecule has 53 heavy (non-hydrogen) atoms. The molecule has 4 N–H and O–H groups in total. The number of nitrogens with two attached hydrogens (primary N) is 1. The second-order valence-corrected chi connectivity index (χ2v) is 15.6. The number of esters is 1. The molecule has 0 amide bonds. The van der Waals surface area contributed by atoms with Crippen LogP contribution in [-0.2, 0) is 32.7 Å². The Kier molecular flexibility index (Phi) is 36.9. The third-order valence-corrected chi connectivity index (χ3v) is 9.94. The van der Waals surface area contributed by atoms with Gasteiger partial charge in [0.2, 0.25) is 0 Å². The van der Waals surface area contributed by atoms with Gasteiger partial charge in [0.1, 0.15) is 12.6 Å². The van der Waals surface area contributed by atoms with Crippen molar-refractivity contribution in [1.82, 2.24) is 0 Å². The topological polar surface area (TPSA) is 155 Å². The van der Waals surface area contributed by atoms with Gasteiger partial charge in [0, 0.05) is 6.42 Å². The van der Waals surface area contributed by atoms with E-state index in [9.17, 15) is 19.0 Å². The first-order chi connectivity index (χ1) is 25.7. The van der Waals surface area contributed by atoms with E-state index in [1.807, 2.05) is 6.08 Å². The Morgan fingerprint density at radius 2 is 1.04 bits per heavy atom. The number of carbonyl (C=O) groups is 2. The van der Waals surface area contributed by atoms with Crippen LogP contribution < -0.4 is 5.73 Å². The highest BCUT2D eigenvalue weighted by Crippen LogP contribution is 2.43. The predicted molar refractivity (Wildman–Crippen MR) is 217 cm³/mol. The fraction of sp³-hybridized carbons (Fsp3) is 0.810. The second kappa shape index (κ2) is 38.3. The molecule has 10 nitrogen and oxygen atoms in total. The molecular formula is C42H78NO9P. The van der Waals surface area contributed by atoms with Crippen molar-refractivity contribution >= 4 is 19.8 Å². The van der Waals surface area contributed by atoms with Crippen LogP contribution in [0, 0.1) is 0 Å². The van der Waals surface area contributed by atoms with E-state index in [4.69, 9.17) is 29.4 Å². The highest BCUT2D eigenvalue weighted by atomic mass is 31.2. The molecule has 11 heteroatoms. The number of phosphoric acid groups is 1. The smallest absolute Gasteiger partial charge is 0.472 e. The standard InChI is InChI=1S/C42H78NO9P/c1-3-5-7-9-11-13-15-17-19-20-21-22-24-26-28-30-32-34-41(44)52-39(37-50-53(47,48)51-38-40(43)42(45)46)36-49-35-33-31-29-27-25-23-18-16-14-12-10-8-6-4-2/h11,13,17,19,33,35,39-40H,3-10,12,14-16,18,20-32,34,36-38,43H2,1-2H3,(H,45,46)(H,47,48)/b13-11-,19-17-,35-33-/t39-,40+/m1/s1. The Bertz CT molecular complexity index is 988. The van der Waals surface area contributed by atoms with Crippen LogP contribution >= 0.6 is 7.82 Å². The van der Waals surface area contributed by atoms with Crippen LogP contribution in [0.2, 0.25) is 0 Å². The lowest BCUT2D eigenvalue weighted by atomic mass is 10.0. The third-order valence-electron chi connectivity index (χ3n) is 8.99. The van der Waals surface area contributed by atoms with E-state index in [2.05, 4.69) is 38.2 Å². The van der Waals surface area contributed by atoms with Crippen LogP contribution in [0.1, 0.15) is 187 Å². The summed E-state index contributed by atoms with van der Waals surface area (Å²) in [4.78, 5) is 33.5. The molecular weight excluding hydrogens is 693 g/mol. The van der Waals surface area contributed by atoms with E-state index in [-0.39, 0.29) is 13.0 Å². The molecule has 0 fully saturated rings. The Balaban J connectivity index is 4.32. The zero-order valence-corrected chi connectivity index (χ0v) is 34.5. The average Bonchev–Trinajstić information content (AvgIpc) is 3.13. The molecule has 0 radical (unpaired) electrons. The highest BCUT2D eigenvalue weighted by molar-refractivity contribution is 7.47. The SMILES string of the molecule is CCCCC/C=C\C/C=C\CCCCCCCCCC(=O)O[C@H](CO/C=C\CCCCCCCCCCCCCC)COP(=O)(O)OC[C@H](N)C(=O)O. The maximum atomic E-state index is 12.6. The zero-order chi connectivity index (χ0) is 39.1. The molecule has 0 aliphatic carbocycles. The van der Waals surface area contributed by atoms with Crippen molar-refractivity contribution in [1.29, 1.82) is 0 Å². The number of aliphatic carboxylic acids is 1. The number of carboxylic acid groups (broad SMARTS) is 1. The van der Waals surface area contributed by atoms with Gasteiger partial charge in [-0.05, 0) is 57.4 Å². The summed E-state index contributed by atoms with van der Waals surface area (Å²) in [6, 6.07) is -1.48. The molecule has 0 aromatic rings. The minimum atomic E-state index is -4.63. The lowest BCUT2D eigenvalue weighted by molar-refractivity contribution is -0.153. The Labute approximate surface area is 323 Å². The Hall–Kier alpha value is -1.97. The zero-order valence-electron chi connectivity index (χ0n) is 33.6. The molecule has 0 aliphatic heterocycles. The summed E-state index contributed by atoms with van der Waals surface area (Å²) in [6.45, 7) is 3.24. The maximum Gasteiger partial charge on any atom is 0.472 e. The summed E-state index contributed by atoms with van der Waals surface area (Å²) in [6.07, 6.45) is 42.8. The van der Waals surface area contributed by atoms with Crippen molar-refractivity contribution in [2.75, 3.05) is 19.8 Å². The molecule has 0 saturated heterocycles. The van der Waals surface area contributed by atoms with Crippen LogP contribution in [0.4, 0.5) is 0 Å². The van der Waals surface area contributed by atoms with Gasteiger partial charge in [0.05, 0.1) is 19.5 Å². The van der Waals surface area contributed by atoms with Gasteiger partial charge < -0.3 is 25.2 Å². The number of hydrogen-bond acceptors (Lipinski definition) is 8. The van der Waals surface area contributed by atoms with E-state index in [1.165, 1.54) is 116 Å². The number of carbonyl (C=O) groups excluding carboxylic acids is 1. The van der Waals surface area contributed by atoms with Gasteiger partial charge in [-0.25, -0.2) is 4.57 Å². The number of ether oxygens (including phenoxy) is 2. The first-order valence-electron chi connectivity index (χ1n) is 21.1. The summed E-state index contributed by atoms with van der Waals surface area (Å²) in [7, 11) is -4.63. The number of allylic oxidation sites excluding steroid dienone is 5. The fourth-order valence-corrected chi connectivity index (χ4v) is 6.44. The molecule has 1 unspecified atom stereocenters. The molecule has 0 bridgehead atoms. The maximum absolute atomic E-state index is 12.6. The van der Waals surface area contributed by atoms with Gasteiger partial charge in [-0.15, -0.1) is 0 Å². The number of unbranched alkanes of at least 4 members (excludes halogenated alkanes) is 22. The van der Waals surface area contributed by atoms with E-state index < -0.39 is 45.1 Å². The first kappa shape index (κ1) is 51.0. The van der Waals surface area contributed by atoms with Gasteiger partial charge >= 0.3 is 19.8 Å². The number of rotatable bonds is 40. The number of carboxylic acids is 1. The molecule has 0 rings (SSSR count). The van der Waals surface area contributed by atoms with E-state index in [0.29, 0.717) is 6.42 Å². The number of hydrogen-bond donors (Lipinski definition) is 3. The summed E-state index contributed by atoms with van der Waals surface area (Å²) >= 11 is 0. The predicted octanol–water partition coefficient (Wildman–Crippen LogP) is 11.7. The van der Waals surface area contributed by atoms with Crippen LogP contribution in [0.3, 0.4) is 0 Å². The molecule has 310 valence electrons. The summed E-state index contributed by atoms with van der Waals surface area (Å²) in [5.74, 6) is -1.81. The molecule has 0 heterocycles. The molecule has 3 atom stereocenters. The van der Waals surface area contributed by atoms with Crippen molar-refractivity contribution in [3.05, 3.63) is 36.6 Å². The molecule has 0 aliphatic rings. The normalized spacial score (nSPS) is 14.3. The monoisotopic (exact) mass is 772 g/mol. The summed E-state index contributed by atoms with van der Waals surface area (Å²) in [5.41, 5.74) is 5.34. The third kappa shape index (κ3) is 38.1. The Morgan fingerprint density at radius 1 is 0.604 bits per heavy atom. The van der Waals surface area contributed by atoms with E-state index in [1.54, 1.807) is 6.26 Å². The lowest BCUT2D eigenvalue weighted by Gasteiger charge is -2.20. The number of phosphoric ester groups is 1. The minimum Gasteiger partial charge on any atom is -0.498 e. The van der Waals surface area contributed by atoms with Crippen LogP contribution in [-0.4, -0.2) is 53.9 Å². The molecule has 0 spiro atoms. The Morgan fingerprint density at radius 3 is 1.57 bits per heavy atom. The van der Waals surface area contributed by atoms with Crippen LogP contribution in [0.5, 0.6) is 0 Å². The molecule has 0 aromatic heterocycles. The first-order valence-corrected chi connectivity index (χ1v) is 22.6. The molecule has 0 aromatic carbocycles. The van der Waals surface area contributed by atoms with Crippen LogP contribution in [0.15, 0.2) is 36.6 Å². The molecule has 0 saturated carbocycles. The average molecular weight is 772 g/mol. The van der Waals surface area contributed by atoms with Crippen molar-refractivity contribution < 1.29 is 42.7 Å². The van der Waals surface area contributed by atoms with Gasteiger partial charge in [0.25, 0.3) is 0 Å². The quantitative estimate of drug-likeness (QED) is 0.0180. The van der Waals surface area contributed by atoms with Crippen molar-refractivity contribution in [2.24, 2.45) is 5.73 Å². The highest BCUT2D eigenvalue weighted by Gasteiger charge is 2.27. The van der Waals surface area contributed by atoms with Gasteiger partial charge in [-0.2, -0.15) is 0 Å². The summed E-state index contributed by atoms with van der Waals surface area (Å²) in [5, 5.41) is 8.88. The van der Waals surface area contributed by atoms with Crippen molar-refractivity contribution in [3.8, 4) is 0 Å².